The largest absolute Gasteiger partial charge is 0.391 e. The van der Waals surface area contributed by atoms with Gasteiger partial charge in [0.2, 0.25) is 29.6 Å². The highest BCUT2D eigenvalue weighted by Crippen LogP contribution is 2.33. The number of nitrogens with one attached hydrogen (secondary N) is 3. The number of ketones is 1. The molecular weight excluding hydrogens is 979 g/mol. The summed E-state index contributed by atoms with van der Waals surface area (Å²) in [5, 5.41) is 20.2. The first-order valence-corrected chi connectivity index (χ1v) is 26.7. The normalized spacial score (nSPS) is 17.6. The maximum atomic E-state index is 14.0. The monoisotopic (exact) mass is 1050 g/mol. The third kappa shape index (κ3) is 13.2. The van der Waals surface area contributed by atoms with Gasteiger partial charge < -0.3 is 45.2 Å². The van der Waals surface area contributed by atoms with Crippen LogP contribution in [0.4, 0.5) is 17.5 Å². The van der Waals surface area contributed by atoms with Crippen LogP contribution in [0, 0.1) is 19.3 Å². The molecule has 2 aliphatic heterocycles. The topological polar surface area (TPSA) is 243 Å². The minimum Gasteiger partial charge on any atom is -0.391 e. The molecule has 0 radical (unpaired) electrons. The molecule has 8 rings (SSSR count). The first-order chi connectivity index (χ1) is 36.0. The number of amides is 4. The Balaban J connectivity index is 0.716. The van der Waals surface area contributed by atoms with Gasteiger partial charge in [0.05, 0.1) is 72.5 Å². The van der Waals surface area contributed by atoms with E-state index in [0.29, 0.717) is 54.5 Å². The van der Waals surface area contributed by atoms with E-state index in [9.17, 15) is 33.9 Å². The van der Waals surface area contributed by atoms with Gasteiger partial charge in [-0.3, -0.25) is 33.3 Å². The predicted molar refractivity (Wildman–Crippen MR) is 285 cm³/mol. The summed E-state index contributed by atoms with van der Waals surface area (Å²) in [7, 11) is 0. The van der Waals surface area contributed by atoms with Crippen molar-refractivity contribution in [2.24, 2.45) is 5.41 Å². The summed E-state index contributed by atoms with van der Waals surface area (Å²) in [6.45, 7) is 14.0. The predicted octanol–water partition coefficient (Wildman–Crippen LogP) is 5.26. The van der Waals surface area contributed by atoms with Crippen LogP contribution in [0.5, 0.6) is 0 Å². The number of piperazine rings is 1. The zero-order chi connectivity index (χ0) is 53.4. The maximum Gasteiger partial charge on any atom is 0.263 e. The first-order valence-electron chi connectivity index (χ1n) is 25.9. The molecule has 21 heteroatoms. The van der Waals surface area contributed by atoms with E-state index in [0.717, 1.165) is 53.1 Å². The summed E-state index contributed by atoms with van der Waals surface area (Å²) < 4.78 is 13.0. The van der Waals surface area contributed by atoms with Gasteiger partial charge in [-0.15, -0.1) is 11.3 Å². The smallest absolute Gasteiger partial charge is 0.263 e. The summed E-state index contributed by atoms with van der Waals surface area (Å²) in [5.74, 6) is -0.647. The van der Waals surface area contributed by atoms with E-state index in [1.54, 1.807) is 35.2 Å². The molecule has 1 saturated carbocycles. The zero-order valence-corrected chi connectivity index (χ0v) is 44.5. The molecule has 75 heavy (non-hydrogen) atoms. The molecule has 400 valence electrons. The Kier molecular flexibility index (Phi) is 17.7. The Morgan fingerprint density at radius 3 is 2.23 bits per heavy atom. The number of rotatable bonds is 20. The van der Waals surface area contributed by atoms with Crippen molar-refractivity contribution in [3.05, 3.63) is 87.0 Å². The number of pyridine rings is 2. The van der Waals surface area contributed by atoms with E-state index in [1.807, 2.05) is 74.5 Å². The molecule has 1 aliphatic carbocycles. The number of β-amino-alcohol motifs (C(OH)–C–C–N with tert-alkyl or cyclic N) is 1. The van der Waals surface area contributed by atoms with Gasteiger partial charge in [-0.2, -0.15) is 4.98 Å². The lowest BCUT2D eigenvalue weighted by Crippen LogP contribution is -2.57. The molecule has 1 aromatic carbocycles. The molecule has 3 aliphatic rings. The Morgan fingerprint density at radius 1 is 0.880 bits per heavy atom. The molecule has 4 aromatic heterocycles. The van der Waals surface area contributed by atoms with Crippen LogP contribution in [0.3, 0.4) is 0 Å². The summed E-state index contributed by atoms with van der Waals surface area (Å²) in [6.07, 6.45) is 6.59. The zero-order valence-electron chi connectivity index (χ0n) is 43.7. The number of anilines is 3. The van der Waals surface area contributed by atoms with Gasteiger partial charge in [-0.1, -0.05) is 57.9 Å². The van der Waals surface area contributed by atoms with Crippen molar-refractivity contribution in [1.29, 1.82) is 0 Å². The Morgan fingerprint density at radius 2 is 1.59 bits per heavy atom. The molecule has 20 nitrogen and oxygen atoms in total. The molecule has 1 unspecified atom stereocenters. The molecule has 4 amide bonds. The quantitative estimate of drug-likeness (QED) is 0.0574. The number of benzene rings is 1. The van der Waals surface area contributed by atoms with E-state index in [-0.39, 0.29) is 99.4 Å². The second kappa shape index (κ2) is 24.3. The minimum absolute atomic E-state index is 0.00569. The van der Waals surface area contributed by atoms with Crippen molar-refractivity contribution in [2.45, 2.75) is 117 Å². The van der Waals surface area contributed by atoms with Crippen molar-refractivity contribution in [3.8, 4) is 10.4 Å². The highest BCUT2D eigenvalue weighted by molar-refractivity contribution is 7.13. The number of aliphatic hydroxyl groups excluding tert-OH is 1. The van der Waals surface area contributed by atoms with Crippen LogP contribution < -0.4 is 26.4 Å². The average molecular weight is 1050 g/mol. The van der Waals surface area contributed by atoms with Gasteiger partial charge in [0, 0.05) is 69.7 Å². The van der Waals surface area contributed by atoms with Crippen LogP contribution in [-0.4, -0.2) is 146 Å². The number of Topliss-reactive ketones (excluding diaryl/α,β-unsaturated/α-hetero) is 1. The molecule has 0 spiro atoms. The number of nitrogens with zero attached hydrogens (tertiary/aromatic N) is 8. The maximum absolute atomic E-state index is 14.0. The minimum atomic E-state index is -0.955. The van der Waals surface area contributed by atoms with Crippen LogP contribution in [0.2, 0.25) is 0 Å². The summed E-state index contributed by atoms with van der Waals surface area (Å²) in [6, 6.07) is 9.77. The van der Waals surface area contributed by atoms with Gasteiger partial charge >= 0.3 is 0 Å². The molecule has 3 fully saturated rings. The fraction of sp³-hybridized carbons (Fsp3) is 0.519. The Hall–Kier alpha value is -6.68. The number of aryl methyl sites for hydroxylation is 2. The third-order valence-electron chi connectivity index (χ3n) is 14.3. The number of hydrogen-bond acceptors (Lipinski definition) is 16. The standard InChI is InChI=1S/C54H69N11O9S/c1-33-41-30-57-53(61-49(41)65(38-9-7-8-10-38)51(71)46(33)35(3)66)59-43-16-15-39(29-55-43)62-19-21-63(22-20-62)45(69)18-24-74-26-25-73-23-17-44(68)60-48(54(4,5)6)52(72)64-31-40(67)27-42(64)50(70)56-28-36-11-13-37(14-12-36)47-34(2)58-32-75-47/h11-16,29-30,32,38,40,42,48,67H,7-10,17-28,31H2,1-6H3,(H,56,70)(H,60,68)(H,55,57,59,61)/t40-,42+,48?/m1/s1. The van der Waals surface area contributed by atoms with Gasteiger partial charge in [0.25, 0.3) is 5.56 Å². The van der Waals surface area contributed by atoms with Crippen molar-refractivity contribution in [2.75, 3.05) is 69.4 Å². The highest BCUT2D eigenvalue weighted by Gasteiger charge is 2.44. The molecule has 4 N–H and O–H groups in total. The Bertz CT molecular complexity index is 2910. The number of carbonyl (C=O) groups excluding carboxylic acids is 5. The van der Waals surface area contributed by atoms with Crippen LogP contribution in [-0.2, 0) is 35.2 Å². The van der Waals surface area contributed by atoms with E-state index < -0.39 is 29.5 Å². The number of carbonyl (C=O) groups is 5. The molecule has 2 saturated heterocycles. The fourth-order valence-electron chi connectivity index (χ4n) is 10.1. The number of aromatic nitrogens is 5. The number of likely N-dealkylation sites (tertiary alicyclic amines) is 1. The van der Waals surface area contributed by atoms with Crippen LogP contribution >= 0.6 is 11.3 Å². The van der Waals surface area contributed by atoms with Crippen molar-refractivity contribution >= 4 is 69.2 Å². The van der Waals surface area contributed by atoms with E-state index in [2.05, 4.69) is 35.8 Å². The second-order valence-corrected chi connectivity index (χ2v) is 21.5. The SMILES string of the molecule is CC(=O)c1c(C)c2cnc(Nc3ccc(N4CCN(C(=O)CCOCCOCCC(=O)NC(C(=O)N5C[C@H](O)C[C@H]5C(=O)NCc5ccc(-c6scnc6C)cc5)C(C)(C)C)CC4)cn3)nc2n(C2CCCC2)c1=O. The third-order valence-corrected chi connectivity index (χ3v) is 15.2. The Labute approximate surface area is 440 Å². The van der Waals surface area contributed by atoms with Crippen molar-refractivity contribution < 1.29 is 38.6 Å². The van der Waals surface area contributed by atoms with Gasteiger partial charge in [0.15, 0.2) is 5.78 Å². The summed E-state index contributed by atoms with van der Waals surface area (Å²) >= 11 is 1.57. The highest BCUT2D eigenvalue weighted by atomic mass is 32.1. The lowest BCUT2D eigenvalue weighted by molar-refractivity contribution is -0.144. The molecule has 3 atom stereocenters. The molecule has 6 heterocycles. The van der Waals surface area contributed by atoms with E-state index in [1.165, 1.54) is 11.8 Å². The second-order valence-electron chi connectivity index (χ2n) is 20.7. The average Bonchev–Trinajstić information content (AvgIpc) is 4.18. The van der Waals surface area contributed by atoms with Gasteiger partial charge in [-0.05, 0) is 67.9 Å². The number of thiazole rings is 1. The van der Waals surface area contributed by atoms with Crippen LogP contribution in [0.25, 0.3) is 21.5 Å². The fourth-order valence-corrected chi connectivity index (χ4v) is 10.9. The number of hydrogen-bond donors (Lipinski definition) is 4. The lowest BCUT2D eigenvalue weighted by Gasteiger charge is -2.36. The first kappa shape index (κ1) is 54.6. The van der Waals surface area contributed by atoms with Gasteiger partial charge in [-0.25, -0.2) is 15.0 Å². The summed E-state index contributed by atoms with van der Waals surface area (Å²) in [4.78, 5) is 104. The van der Waals surface area contributed by atoms with Crippen molar-refractivity contribution in [1.82, 2.24) is 44.9 Å². The van der Waals surface area contributed by atoms with Crippen LogP contribution in [0.1, 0.15) is 106 Å². The summed E-state index contributed by atoms with van der Waals surface area (Å²) in [5.41, 5.74) is 5.89. The van der Waals surface area contributed by atoms with Crippen molar-refractivity contribution in [3.63, 3.8) is 0 Å². The van der Waals surface area contributed by atoms with E-state index >= 15 is 0 Å². The number of fused-ring (bicyclic) bond motifs is 1. The van der Waals surface area contributed by atoms with Crippen LogP contribution in [0.15, 0.2) is 59.1 Å². The number of aliphatic hydroxyl groups is 1. The number of ether oxygens (including phenoxy) is 2. The molecular formula is C54H69N11O9S. The van der Waals surface area contributed by atoms with E-state index in [4.69, 9.17) is 14.5 Å². The van der Waals surface area contributed by atoms with Gasteiger partial charge in [0.1, 0.15) is 23.5 Å². The molecule has 0 bridgehead atoms. The molecule has 5 aromatic rings. The lowest BCUT2D eigenvalue weighted by atomic mass is 9.85.